The van der Waals surface area contributed by atoms with Crippen LogP contribution in [0, 0.1) is 0 Å². The number of Topliss-reactive ketones (excluding diaryl/α,β-unsaturated/α-hetero) is 1. The number of nitrogens with zero attached hydrogens (tertiary/aromatic N) is 1. The molecule has 0 amide bonds. The Morgan fingerprint density at radius 3 is 2.74 bits per heavy atom. The number of rotatable bonds is 5. The number of methoxy groups -OCH3 is 1. The zero-order valence-corrected chi connectivity index (χ0v) is 15.5. The number of halogens is 1. The molecule has 0 unspecified atom stereocenters. The number of hydrogen-bond donors (Lipinski definition) is 1. The number of imidazole rings is 1. The molecule has 134 valence electrons. The normalized spacial score (nSPS) is 10.9. The van der Waals surface area contributed by atoms with Crippen LogP contribution in [0.2, 0.25) is 5.02 Å². The molecule has 0 bridgehead atoms. The van der Waals surface area contributed by atoms with Gasteiger partial charge in [0, 0.05) is 17.0 Å². The smallest absolute Gasteiger partial charge is 0.167 e. The Balaban J connectivity index is 1.65. The number of benzene rings is 3. The van der Waals surface area contributed by atoms with E-state index in [-0.39, 0.29) is 5.78 Å². The molecule has 0 spiro atoms. The van der Waals surface area contributed by atoms with E-state index in [9.17, 15) is 4.79 Å². The number of carbonyl (C=O) groups excluding carboxylic acids is 1. The predicted octanol–water partition coefficient (Wildman–Crippen LogP) is 5.32. The zero-order chi connectivity index (χ0) is 18.8. The van der Waals surface area contributed by atoms with Gasteiger partial charge >= 0.3 is 0 Å². The first kappa shape index (κ1) is 17.3. The lowest BCUT2D eigenvalue weighted by Crippen LogP contribution is -2.03. The van der Waals surface area contributed by atoms with Gasteiger partial charge in [-0.1, -0.05) is 35.9 Å². The summed E-state index contributed by atoms with van der Waals surface area (Å²) in [6.07, 6.45) is 0.305. The topological polar surface area (TPSA) is 55.0 Å². The standard InChI is InChI=1S/C22H17ClN2O2/c1-27-21-8-3-2-7-17(21)22-24-18-10-9-15(13-19(18)25-22)20(26)12-14-5-4-6-16(23)11-14/h2-11,13H,12H2,1H3,(H,24,25). The minimum Gasteiger partial charge on any atom is -0.496 e. The van der Waals surface area contributed by atoms with Gasteiger partial charge in [-0.25, -0.2) is 4.98 Å². The van der Waals surface area contributed by atoms with E-state index in [0.717, 1.165) is 27.9 Å². The maximum atomic E-state index is 12.6. The first-order valence-corrected chi connectivity index (χ1v) is 8.92. The molecule has 27 heavy (non-hydrogen) atoms. The number of para-hydroxylation sites is 1. The van der Waals surface area contributed by atoms with Gasteiger partial charge in [-0.05, 0) is 48.0 Å². The number of nitrogens with one attached hydrogen (secondary N) is 1. The number of carbonyl (C=O) groups is 1. The third-order valence-corrected chi connectivity index (χ3v) is 4.65. The van der Waals surface area contributed by atoms with E-state index in [4.69, 9.17) is 16.3 Å². The minimum atomic E-state index is 0.0348. The van der Waals surface area contributed by atoms with Crippen LogP contribution in [-0.4, -0.2) is 22.9 Å². The van der Waals surface area contributed by atoms with Gasteiger partial charge in [0.2, 0.25) is 0 Å². The quantitative estimate of drug-likeness (QED) is 0.480. The van der Waals surface area contributed by atoms with Gasteiger partial charge < -0.3 is 9.72 Å². The first-order chi connectivity index (χ1) is 13.1. The minimum absolute atomic E-state index is 0.0348. The number of ether oxygens (including phenoxy) is 1. The molecule has 0 aliphatic rings. The van der Waals surface area contributed by atoms with Gasteiger partial charge in [-0.2, -0.15) is 0 Å². The molecule has 0 radical (unpaired) electrons. The van der Waals surface area contributed by atoms with Crippen LogP contribution in [0.25, 0.3) is 22.4 Å². The van der Waals surface area contributed by atoms with E-state index in [2.05, 4.69) is 9.97 Å². The van der Waals surface area contributed by atoms with Crippen molar-refractivity contribution in [1.82, 2.24) is 9.97 Å². The summed E-state index contributed by atoms with van der Waals surface area (Å²) >= 11 is 6.00. The van der Waals surface area contributed by atoms with Gasteiger partial charge in [0.15, 0.2) is 5.78 Å². The Morgan fingerprint density at radius 2 is 1.93 bits per heavy atom. The van der Waals surface area contributed by atoms with E-state index in [1.165, 1.54) is 0 Å². The van der Waals surface area contributed by atoms with Gasteiger partial charge in [0.05, 0.1) is 23.7 Å². The molecule has 0 aliphatic carbocycles. The van der Waals surface area contributed by atoms with Gasteiger partial charge in [0.25, 0.3) is 0 Å². The van der Waals surface area contributed by atoms with Crippen LogP contribution in [0.15, 0.2) is 66.7 Å². The fourth-order valence-electron chi connectivity index (χ4n) is 3.09. The van der Waals surface area contributed by atoms with Crippen LogP contribution >= 0.6 is 11.6 Å². The fourth-order valence-corrected chi connectivity index (χ4v) is 3.30. The molecule has 0 aliphatic heterocycles. The van der Waals surface area contributed by atoms with Crippen molar-refractivity contribution in [2.45, 2.75) is 6.42 Å². The lowest BCUT2D eigenvalue weighted by Gasteiger charge is -2.04. The summed E-state index contributed by atoms with van der Waals surface area (Å²) in [5, 5.41) is 0.630. The van der Waals surface area contributed by atoms with Gasteiger partial charge in [0.1, 0.15) is 11.6 Å². The number of H-pyrrole nitrogens is 1. The fraction of sp³-hybridized carbons (Fsp3) is 0.0909. The molecular formula is C22H17ClN2O2. The van der Waals surface area contributed by atoms with Crippen LogP contribution < -0.4 is 4.74 Å². The van der Waals surface area contributed by atoms with E-state index in [0.29, 0.717) is 22.8 Å². The average Bonchev–Trinajstić information content (AvgIpc) is 3.11. The monoisotopic (exact) mass is 376 g/mol. The number of ketones is 1. The Kier molecular flexibility index (Phi) is 4.65. The number of aromatic nitrogens is 2. The molecule has 5 heteroatoms. The third-order valence-electron chi connectivity index (χ3n) is 4.42. The van der Waals surface area contributed by atoms with Crippen LogP contribution in [0.5, 0.6) is 5.75 Å². The molecule has 0 saturated carbocycles. The molecule has 1 N–H and O–H groups in total. The van der Waals surface area contributed by atoms with Crippen molar-refractivity contribution in [2.24, 2.45) is 0 Å². The molecule has 0 atom stereocenters. The van der Waals surface area contributed by atoms with Gasteiger partial charge in [-0.15, -0.1) is 0 Å². The van der Waals surface area contributed by atoms with E-state index < -0.39 is 0 Å². The summed E-state index contributed by atoms with van der Waals surface area (Å²) < 4.78 is 5.41. The summed E-state index contributed by atoms with van der Waals surface area (Å²) in [7, 11) is 1.63. The van der Waals surface area contributed by atoms with E-state index >= 15 is 0 Å². The number of aromatic amines is 1. The zero-order valence-electron chi connectivity index (χ0n) is 14.7. The summed E-state index contributed by atoms with van der Waals surface area (Å²) in [5.41, 5.74) is 4.02. The number of hydrogen-bond acceptors (Lipinski definition) is 3. The molecule has 3 aromatic carbocycles. The SMILES string of the molecule is COc1ccccc1-c1nc2ccc(C(=O)Cc3cccc(Cl)c3)cc2[nH]1. The summed E-state index contributed by atoms with van der Waals surface area (Å²) in [5.74, 6) is 1.49. The van der Waals surface area contributed by atoms with Crippen molar-refractivity contribution in [3.8, 4) is 17.1 Å². The molecular weight excluding hydrogens is 360 g/mol. The van der Waals surface area contributed by atoms with Gasteiger partial charge in [-0.3, -0.25) is 4.79 Å². The van der Waals surface area contributed by atoms with Crippen molar-refractivity contribution < 1.29 is 9.53 Å². The molecule has 4 aromatic rings. The van der Waals surface area contributed by atoms with Crippen LogP contribution in [0.3, 0.4) is 0 Å². The van der Waals surface area contributed by atoms with Crippen LogP contribution in [0.1, 0.15) is 15.9 Å². The summed E-state index contributed by atoms with van der Waals surface area (Å²) in [6, 6.07) is 20.6. The molecule has 1 heterocycles. The second-order valence-electron chi connectivity index (χ2n) is 6.25. The highest BCUT2D eigenvalue weighted by Gasteiger charge is 2.13. The highest BCUT2D eigenvalue weighted by atomic mass is 35.5. The third kappa shape index (κ3) is 3.57. The van der Waals surface area contributed by atoms with Crippen molar-refractivity contribution >= 4 is 28.4 Å². The second-order valence-corrected chi connectivity index (χ2v) is 6.68. The Bertz CT molecular complexity index is 1130. The van der Waals surface area contributed by atoms with Crippen LogP contribution in [0.4, 0.5) is 0 Å². The lowest BCUT2D eigenvalue weighted by molar-refractivity contribution is 0.0993. The summed E-state index contributed by atoms with van der Waals surface area (Å²) in [6.45, 7) is 0. The van der Waals surface area contributed by atoms with E-state index in [1.54, 1.807) is 13.2 Å². The summed E-state index contributed by atoms with van der Waals surface area (Å²) in [4.78, 5) is 20.6. The molecule has 1 aromatic heterocycles. The highest BCUT2D eigenvalue weighted by Crippen LogP contribution is 2.29. The van der Waals surface area contributed by atoms with Crippen molar-refractivity contribution in [3.05, 3.63) is 82.9 Å². The maximum Gasteiger partial charge on any atom is 0.167 e. The largest absolute Gasteiger partial charge is 0.496 e. The average molecular weight is 377 g/mol. The first-order valence-electron chi connectivity index (χ1n) is 8.55. The molecule has 0 fully saturated rings. The number of fused-ring (bicyclic) bond motifs is 1. The maximum absolute atomic E-state index is 12.6. The van der Waals surface area contributed by atoms with Crippen LogP contribution in [-0.2, 0) is 6.42 Å². The van der Waals surface area contributed by atoms with Crippen molar-refractivity contribution in [2.75, 3.05) is 7.11 Å². The predicted molar refractivity (Wildman–Crippen MR) is 108 cm³/mol. The molecule has 0 saturated heterocycles. The molecule has 4 nitrogen and oxygen atoms in total. The Hall–Kier alpha value is -3.11. The Morgan fingerprint density at radius 1 is 1.07 bits per heavy atom. The van der Waals surface area contributed by atoms with E-state index in [1.807, 2.05) is 60.7 Å². The van der Waals surface area contributed by atoms with Crippen molar-refractivity contribution in [1.29, 1.82) is 0 Å². The lowest BCUT2D eigenvalue weighted by atomic mass is 10.0. The second kappa shape index (κ2) is 7.25. The highest BCUT2D eigenvalue weighted by molar-refractivity contribution is 6.30. The van der Waals surface area contributed by atoms with Crippen molar-refractivity contribution in [3.63, 3.8) is 0 Å². The Labute approximate surface area is 161 Å². The molecule has 4 rings (SSSR count).